The van der Waals surface area contributed by atoms with Gasteiger partial charge in [0.1, 0.15) is 5.82 Å². The molecule has 1 aromatic carbocycles. The molecule has 2 heterocycles. The molecule has 0 saturated carbocycles. The highest BCUT2D eigenvalue weighted by Crippen LogP contribution is 2.23. The van der Waals surface area contributed by atoms with Gasteiger partial charge in [-0.15, -0.1) is 0 Å². The maximum Gasteiger partial charge on any atom is 0.238 e. The Kier molecular flexibility index (Phi) is 4.68. The summed E-state index contributed by atoms with van der Waals surface area (Å²) in [6.07, 6.45) is 2.96. The van der Waals surface area contributed by atoms with E-state index in [2.05, 4.69) is 0 Å². The highest BCUT2D eigenvalue weighted by molar-refractivity contribution is 7.89. The largest absolute Gasteiger partial charge is 0.338 e. The minimum atomic E-state index is -3.26. The van der Waals surface area contributed by atoms with Crippen LogP contribution in [-0.2, 0) is 21.2 Å². The number of likely N-dealkylation sites (tertiary alicyclic amines) is 1. The molecule has 0 bridgehead atoms. The molecule has 1 atom stereocenters. The van der Waals surface area contributed by atoms with Crippen LogP contribution in [0.5, 0.6) is 0 Å². The topological polar surface area (TPSA) is 57.7 Å². The van der Waals surface area contributed by atoms with E-state index < -0.39 is 10.0 Å². The van der Waals surface area contributed by atoms with Crippen molar-refractivity contribution in [2.75, 3.05) is 25.4 Å². The van der Waals surface area contributed by atoms with Gasteiger partial charge in [0.2, 0.25) is 15.9 Å². The fourth-order valence-corrected chi connectivity index (χ4v) is 4.89. The Morgan fingerprint density at radius 2 is 2.09 bits per heavy atom. The van der Waals surface area contributed by atoms with Crippen molar-refractivity contribution in [2.24, 2.45) is 0 Å². The average Bonchev–Trinajstić information content (AvgIpc) is 3.06. The average molecular weight is 340 g/mol. The highest BCUT2D eigenvalue weighted by Gasteiger charge is 2.34. The smallest absolute Gasteiger partial charge is 0.238 e. The molecule has 1 amide bonds. The Hall–Kier alpha value is -1.47. The lowest BCUT2D eigenvalue weighted by molar-refractivity contribution is -0.132. The molecule has 2 fully saturated rings. The van der Waals surface area contributed by atoms with Crippen molar-refractivity contribution in [1.29, 1.82) is 0 Å². The monoisotopic (exact) mass is 340 g/mol. The third-order valence-electron chi connectivity index (χ3n) is 4.57. The van der Waals surface area contributed by atoms with Crippen LogP contribution < -0.4 is 0 Å². The van der Waals surface area contributed by atoms with Crippen molar-refractivity contribution < 1.29 is 17.6 Å². The second-order valence-corrected chi connectivity index (χ2v) is 8.31. The molecule has 3 rings (SSSR count). The zero-order valence-corrected chi connectivity index (χ0v) is 13.8. The van der Waals surface area contributed by atoms with Crippen LogP contribution in [0.1, 0.15) is 24.8 Å². The molecule has 7 heteroatoms. The highest BCUT2D eigenvalue weighted by atomic mass is 32.2. The van der Waals surface area contributed by atoms with Crippen molar-refractivity contribution >= 4 is 15.9 Å². The first-order chi connectivity index (χ1) is 11.0. The first kappa shape index (κ1) is 16.4. The molecule has 2 aliphatic rings. The predicted octanol–water partition coefficient (Wildman–Crippen LogP) is 1.39. The van der Waals surface area contributed by atoms with Crippen LogP contribution in [0.25, 0.3) is 0 Å². The van der Waals surface area contributed by atoms with Gasteiger partial charge in [0.25, 0.3) is 0 Å². The molecule has 0 unspecified atom stereocenters. The normalized spacial score (nSPS) is 24.2. The van der Waals surface area contributed by atoms with E-state index in [0.717, 1.165) is 18.4 Å². The van der Waals surface area contributed by atoms with Crippen LogP contribution in [0, 0.1) is 5.82 Å². The number of rotatable bonds is 4. The van der Waals surface area contributed by atoms with Gasteiger partial charge in [0.15, 0.2) is 0 Å². The minimum absolute atomic E-state index is 0.0228. The second kappa shape index (κ2) is 6.57. The molecule has 23 heavy (non-hydrogen) atoms. The molecule has 0 radical (unpaired) electrons. The third kappa shape index (κ3) is 3.72. The summed E-state index contributed by atoms with van der Waals surface area (Å²) in [5.41, 5.74) is 0.864. The summed E-state index contributed by atoms with van der Waals surface area (Å²) in [6, 6.07) is 6.44. The van der Waals surface area contributed by atoms with Crippen LogP contribution in [0.3, 0.4) is 0 Å². The van der Waals surface area contributed by atoms with Crippen LogP contribution in [-0.4, -0.2) is 55.0 Å². The number of halogens is 1. The van der Waals surface area contributed by atoms with Gasteiger partial charge in [-0.3, -0.25) is 4.79 Å². The molecule has 5 nitrogen and oxygen atoms in total. The van der Waals surface area contributed by atoms with Gasteiger partial charge in [-0.05, 0) is 43.4 Å². The van der Waals surface area contributed by atoms with Crippen LogP contribution in [0.4, 0.5) is 4.39 Å². The Bertz CT molecular complexity index is 692. The fourth-order valence-electron chi connectivity index (χ4n) is 3.42. The Morgan fingerprint density at radius 3 is 2.78 bits per heavy atom. The number of carbonyl (C=O) groups is 1. The molecule has 0 spiro atoms. The number of hydrogen-bond donors (Lipinski definition) is 0. The maximum atomic E-state index is 13.3. The maximum absolute atomic E-state index is 13.3. The first-order valence-corrected chi connectivity index (χ1v) is 9.58. The number of amides is 1. The standard InChI is InChI=1S/C16H21FN2O3S/c17-14-5-1-4-13(10-14)11-15-6-2-8-19(15)16(20)12-18-7-3-9-23(18,21)22/h1,4-5,10,15H,2-3,6-9,11-12H2/t15-/m0/s1. The zero-order chi connectivity index (χ0) is 16.4. The van der Waals surface area contributed by atoms with E-state index >= 15 is 0 Å². The summed E-state index contributed by atoms with van der Waals surface area (Å²) < 4.78 is 38.3. The molecule has 0 N–H and O–H groups in total. The first-order valence-electron chi connectivity index (χ1n) is 7.97. The van der Waals surface area contributed by atoms with Gasteiger partial charge in [0.05, 0.1) is 12.3 Å². The summed E-state index contributed by atoms with van der Waals surface area (Å²) in [5, 5.41) is 0. The van der Waals surface area contributed by atoms with Crippen molar-refractivity contribution in [2.45, 2.75) is 31.7 Å². The van der Waals surface area contributed by atoms with Gasteiger partial charge in [-0.2, -0.15) is 4.31 Å². The molecule has 1 aromatic rings. The Morgan fingerprint density at radius 1 is 1.26 bits per heavy atom. The van der Waals surface area contributed by atoms with E-state index in [1.807, 2.05) is 6.07 Å². The molecular formula is C16H21FN2O3S. The summed E-state index contributed by atoms with van der Waals surface area (Å²) >= 11 is 0. The van der Waals surface area contributed by atoms with Crippen molar-refractivity contribution in [3.63, 3.8) is 0 Å². The number of nitrogens with zero attached hydrogens (tertiary/aromatic N) is 2. The van der Waals surface area contributed by atoms with Gasteiger partial charge in [-0.25, -0.2) is 12.8 Å². The van der Waals surface area contributed by atoms with Crippen LogP contribution in [0.15, 0.2) is 24.3 Å². The predicted molar refractivity (Wildman–Crippen MR) is 84.8 cm³/mol. The van der Waals surface area contributed by atoms with E-state index in [4.69, 9.17) is 0 Å². The summed E-state index contributed by atoms with van der Waals surface area (Å²) in [4.78, 5) is 14.3. The lowest BCUT2D eigenvalue weighted by Gasteiger charge is -2.26. The zero-order valence-electron chi connectivity index (χ0n) is 12.9. The van der Waals surface area contributed by atoms with E-state index in [1.54, 1.807) is 11.0 Å². The number of sulfonamides is 1. The molecule has 0 aliphatic carbocycles. The Labute approximate surface area is 136 Å². The van der Waals surface area contributed by atoms with Crippen molar-refractivity contribution in [1.82, 2.24) is 9.21 Å². The number of carbonyl (C=O) groups excluding carboxylic acids is 1. The van der Waals surface area contributed by atoms with E-state index in [9.17, 15) is 17.6 Å². The van der Waals surface area contributed by atoms with Gasteiger partial charge < -0.3 is 4.90 Å². The molecule has 2 saturated heterocycles. The molecule has 126 valence electrons. The summed E-state index contributed by atoms with van der Waals surface area (Å²) in [7, 11) is -3.26. The Balaban J connectivity index is 1.65. The van der Waals surface area contributed by atoms with E-state index in [0.29, 0.717) is 25.9 Å². The quantitative estimate of drug-likeness (QED) is 0.832. The summed E-state index contributed by atoms with van der Waals surface area (Å²) in [5.74, 6) is -0.289. The van der Waals surface area contributed by atoms with Gasteiger partial charge in [-0.1, -0.05) is 12.1 Å². The fraction of sp³-hybridized carbons (Fsp3) is 0.562. The lowest BCUT2D eigenvalue weighted by Crippen LogP contribution is -2.43. The molecular weight excluding hydrogens is 319 g/mol. The minimum Gasteiger partial charge on any atom is -0.338 e. The van der Waals surface area contributed by atoms with E-state index in [-0.39, 0.29) is 30.1 Å². The molecule has 2 aliphatic heterocycles. The summed E-state index contributed by atoms with van der Waals surface area (Å²) in [6.45, 7) is 1.01. The third-order valence-corrected chi connectivity index (χ3v) is 6.48. The van der Waals surface area contributed by atoms with Crippen molar-refractivity contribution in [3.8, 4) is 0 Å². The molecule has 0 aromatic heterocycles. The van der Waals surface area contributed by atoms with Gasteiger partial charge >= 0.3 is 0 Å². The van der Waals surface area contributed by atoms with Crippen LogP contribution in [0.2, 0.25) is 0 Å². The lowest BCUT2D eigenvalue weighted by atomic mass is 10.0. The van der Waals surface area contributed by atoms with Crippen molar-refractivity contribution in [3.05, 3.63) is 35.6 Å². The second-order valence-electron chi connectivity index (χ2n) is 6.22. The number of hydrogen-bond acceptors (Lipinski definition) is 3. The van der Waals surface area contributed by atoms with Gasteiger partial charge in [0, 0.05) is 19.1 Å². The van der Waals surface area contributed by atoms with Crippen LogP contribution >= 0.6 is 0 Å². The SMILES string of the molecule is O=C(CN1CCCS1(=O)=O)N1CCC[C@H]1Cc1cccc(F)c1. The van der Waals surface area contributed by atoms with E-state index in [1.165, 1.54) is 16.4 Å². The number of benzene rings is 1.